The first-order chi connectivity index (χ1) is 12.3. The summed E-state index contributed by atoms with van der Waals surface area (Å²) in [5, 5.41) is 10.5. The van der Waals surface area contributed by atoms with Crippen LogP contribution in [0.4, 0.5) is 16.3 Å². The maximum atomic E-state index is 12.4. The van der Waals surface area contributed by atoms with E-state index in [1.165, 1.54) is 0 Å². The van der Waals surface area contributed by atoms with E-state index in [4.69, 9.17) is 5.10 Å². The molecule has 0 saturated carbocycles. The van der Waals surface area contributed by atoms with E-state index in [-0.39, 0.29) is 11.4 Å². The van der Waals surface area contributed by atoms with E-state index in [0.717, 1.165) is 22.6 Å². The van der Waals surface area contributed by atoms with Gasteiger partial charge in [0.05, 0.1) is 11.4 Å². The molecule has 0 aliphatic rings. The van der Waals surface area contributed by atoms with Gasteiger partial charge < -0.3 is 5.32 Å². The Balaban J connectivity index is 1.92. The van der Waals surface area contributed by atoms with Crippen molar-refractivity contribution in [2.45, 2.75) is 33.1 Å². The molecule has 0 aliphatic carbocycles. The average Bonchev–Trinajstić information content (AvgIpc) is 2.99. The van der Waals surface area contributed by atoms with E-state index in [1.54, 1.807) is 4.68 Å². The van der Waals surface area contributed by atoms with E-state index in [9.17, 15) is 4.79 Å². The summed E-state index contributed by atoms with van der Waals surface area (Å²) in [6.07, 6.45) is 0. The van der Waals surface area contributed by atoms with Crippen LogP contribution in [0, 0.1) is 6.92 Å². The second-order valence-electron chi connectivity index (χ2n) is 7.36. The zero-order valence-electron chi connectivity index (χ0n) is 15.6. The average molecular weight is 348 g/mol. The van der Waals surface area contributed by atoms with Crippen molar-refractivity contribution in [3.8, 4) is 5.69 Å². The number of hydrogen-bond donors (Lipinski definition) is 2. The second kappa shape index (κ2) is 7.04. The first kappa shape index (κ1) is 17.7. The summed E-state index contributed by atoms with van der Waals surface area (Å²) in [5.74, 6) is 0.633. The molecule has 0 fully saturated rings. The third-order valence-electron chi connectivity index (χ3n) is 4.00. The van der Waals surface area contributed by atoms with Gasteiger partial charge in [-0.25, -0.2) is 9.48 Å². The van der Waals surface area contributed by atoms with Gasteiger partial charge in [0, 0.05) is 17.2 Å². The first-order valence-corrected chi connectivity index (χ1v) is 8.63. The fourth-order valence-corrected chi connectivity index (χ4v) is 2.59. The standard InChI is InChI=1S/C21H24N4O/c1-15-9-8-12-17(13-15)25-19(14-18(24-25)21(2,3)4)23-20(26)22-16-10-6-5-7-11-16/h5-14H,1-4H3,(H2,22,23,26). The lowest BCUT2D eigenvalue weighted by atomic mass is 9.92. The van der Waals surface area contributed by atoms with Crippen LogP contribution < -0.4 is 10.6 Å². The van der Waals surface area contributed by atoms with Gasteiger partial charge in [0.1, 0.15) is 5.82 Å². The minimum atomic E-state index is -0.300. The number of carbonyl (C=O) groups excluding carboxylic acids is 1. The van der Waals surface area contributed by atoms with Crippen LogP contribution in [0.15, 0.2) is 60.7 Å². The van der Waals surface area contributed by atoms with Crippen LogP contribution in [0.5, 0.6) is 0 Å². The van der Waals surface area contributed by atoms with E-state index < -0.39 is 0 Å². The number of para-hydroxylation sites is 1. The molecule has 134 valence electrons. The van der Waals surface area contributed by atoms with Crippen molar-refractivity contribution in [1.29, 1.82) is 0 Å². The predicted octanol–water partition coefficient (Wildman–Crippen LogP) is 5.12. The van der Waals surface area contributed by atoms with Crippen LogP contribution in [0.2, 0.25) is 0 Å². The summed E-state index contributed by atoms with van der Waals surface area (Å²) >= 11 is 0. The topological polar surface area (TPSA) is 59.0 Å². The number of urea groups is 1. The Bertz CT molecular complexity index is 907. The van der Waals surface area contributed by atoms with Gasteiger partial charge in [-0.2, -0.15) is 5.10 Å². The lowest BCUT2D eigenvalue weighted by molar-refractivity contribution is 0.262. The number of aromatic nitrogens is 2. The number of amides is 2. The summed E-state index contributed by atoms with van der Waals surface area (Å²) < 4.78 is 1.78. The van der Waals surface area contributed by atoms with Crippen molar-refractivity contribution in [2.24, 2.45) is 0 Å². The Morgan fingerprint density at radius 1 is 0.962 bits per heavy atom. The number of rotatable bonds is 3. The molecule has 3 aromatic rings. The Morgan fingerprint density at radius 3 is 2.35 bits per heavy atom. The van der Waals surface area contributed by atoms with E-state index in [1.807, 2.05) is 67.6 Å². The Morgan fingerprint density at radius 2 is 1.69 bits per heavy atom. The fourth-order valence-electron chi connectivity index (χ4n) is 2.59. The van der Waals surface area contributed by atoms with Crippen LogP contribution in [-0.4, -0.2) is 15.8 Å². The van der Waals surface area contributed by atoms with Crippen molar-refractivity contribution >= 4 is 17.5 Å². The molecule has 0 spiro atoms. The zero-order chi connectivity index (χ0) is 18.7. The van der Waals surface area contributed by atoms with Crippen molar-refractivity contribution in [2.75, 3.05) is 10.6 Å². The Hall–Kier alpha value is -3.08. The Kier molecular flexibility index (Phi) is 4.80. The van der Waals surface area contributed by atoms with Crippen LogP contribution in [0.1, 0.15) is 32.0 Å². The molecule has 1 aromatic heterocycles. The molecular weight excluding hydrogens is 324 g/mol. The molecule has 3 rings (SSSR count). The van der Waals surface area contributed by atoms with Crippen LogP contribution in [-0.2, 0) is 5.41 Å². The molecule has 0 atom stereocenters. The third kappa shape index (κ3) is 4.11. The number of benzene rings is 2. The predicted molar refractivity (Wildman–Crippen MR) is 106 cm³/mol. The number of anilines is 2. The van der Waals surface area contributed by atoms with Gasteiger partial charge in [0.25, 0.3) is 0 Å². The van der Waals surface area contributed by atoms with Crippen molar-refractivity contribution < 1.29 is 4.79 Å². The fraction of sp³-hybridized carbons (Fsp3) is 0.238. The quantitative estimate of drug-likeness (QED) is 0.690. The lowest BCUT2D eigenvalue weighted by Gasteiger charge is -2.14. The summed E-state index contributed by atoms with van der Waals surface area (Å²) in [5.41, 5.74) is 3.57. The van der Waals surface area contributed by atoms with Gasteiger partial charge in [-0.05, 0) is 36.8 Å². The highest BCUT2D eigenvalue weighted by molar-refractivity contribution is 5.99. The largest absolute Gasteiger partial charge is 0.324 e. The number of nitrogens with zero attached hydrogens (tertiary/aromatic N) is 2. The van der Waals surface area contributed by atoms with Gasteiger partial charge in [-0.3, -0.25) is 5.32 Å². The van der Waals surface area contributed by atoms with Gasteiger partial charge in [0.2, 0.25) is 0 Å². The number of hydrogen-bond acceptors (Lipinski definition) is 2. The number of nitrogens with one attached hydrogen (secondary N) is 2. The minimum absolute atomic E-state index is 0.124. The number of aryl methyl sites for hydroxylation is 1. The molecule has 1 heterocycles. The molecule has 0 unspecified atom stereocenters. The first-order valence-electron chi connectivity index (χ1n) is 8.63. The number of carbonyl (C=O) groups is 1. The molecule has 26 heavy (non-hydrogen) atoms. The smallest absolute Gasteiger partial charge is 0.308 e. The van der Waals surface area contributed by atoms with Crippen molar-refractivity contribution in [3.63, 3.8) is 0 Å². The zero-order valence-corrected chi connectivity index (χ0v) is 15.6. The lowest BCUT2D eigenvalue weighted by Crippen LogP contribution is -2.21. The van der Waals surface area contributed by atoms with Gasteiger partial charge in [-0.1, -0.05) is 51.1 Å². The maximum Gasteiger partial charge on any atom is 0.324 e. The molecule has 2 N–H and O–H groups in total. The molecular formula is C21H24N4O. The summed E-state index contributed by atoms with van der Waals surface area (Å²) in [4.78, 5) is 12.4. The molecule has 0 radical (unpaired) electrons. The highest BCUT2D eigenvalue weighted by Crippen LogP contribution is 2.26. The molecule has 0 saturated heterocycles. The molecule has 2 amide bonds. The van der Waals surface area contributed by atoms with Gasteiger partial charge >= 0.3 is 6.03 Å². The summed E-state index contributed by atoms with van der Waals surface area (Å²) in [7, 11) is 0. The molecule has 5 heteroatoms. The SMILES string of the molecule is Cc1cccc(-n2nc(C(C)(C)C)cc2NC(=O)Nc2ccccc2)c1. The Labute approximate surface area is 154 Å². The normalized spacial score (nSPS) is 11.2. The van der Waals surface area contributed by atoms with E-state index in [0.29, 0.717) is 5.82 Å². The molecule has 0 bridgehead atoms. The second-order valence-corrected chi connectivity index (χ2v) is 7.36. The highest BCUT2D eigenvalue weighted by atomic mass is 16.2. The van der Waals surface area contributed by atoms with Crippen molar-refractivity contribution in [1.82, 2.24) is 9.78 Å². The molecule has 5 nitrogen and oxygen atoms in total. The third-order valence-corrected chi connectivity index (χ3v) is 4.00. The van der Waals surface area contributed by atoms with Crippen molar-refractivity contribution in [3.05, 3.63) is 71.9 Å². The van der Waals surface area contributed by atoms with Gasteiger partial charge in [-0.15, -0.1) is 0 Å². The van der Waals surface area contributed by atoms with Crippen LogP contribution >= 0.6 is 0 Å². The maximum absolute atomic E-state index is 12.4. The highest BCUT2D eigenvalue weighted by Gasteiger charge is 2.21. The van der Waals surface area contributed by atoms with E-state index in [2.05, 4.69) is 31.4 Å². The molecule has 2 aromatic carbocycles. The monoisotopic (exact) mass is 348 g/mol. The van der Waals surface area contributed by atoms with Gasteiger partial charge in [0.15, 0.2) is 0 Å². The molecule has 0 aliphatic heterocycles. The summed E-state index contributed by atoms with van der Waals surface area (Å²) in [6.45, 7) is 8.34. The summed E-state index contributed by atoms with van der Waals surface area (Å²) in [6, 6.07) is 19.0. The van der Waals surface area contributed by atoms with Crippen LogP contribution in [0.25, 0.3) is 5.69 Å². The van der Waals surface area contributed by atoms with Crippen LogP contribution in [0.3, 0.4) is 0 Å². The minimum Gasteiger partial charge on any atom is -0.308 e. The van der Waals surface area contributed by atoms with E-state index >= 15 is 0 Å².